The number of para-hydroxylation sites is 1. The van der Waals surface area contributed by atoms with E-state index in [0.29, 0.717) is 5.56 Å². The van der Waals surface area contributed by atoms with Gasteiger partial charge in [-0.15, -0.1) is 0 Å². The molecular formula is C37H25NOSi. The van der Waals surface area contributed by atoms with Crippen LogP contribution in [0.1, 0.15) is 5.56 Å². The van der Waals surface area contributed by atoms with Crippen LogP contribution in [0.15, 0.2) is 156 Å². The Labute approximate surface area is 234 Å². The van der Waals surface area contributed by atoms with E-state index in [0.717, 1.165) is 33.1 Å². The average Bonchev–Trinajstić information content (AvgIpc) is 3.41. The zero-order chi connectivity index (χ0) is 26.9. The summed E-state index contributed by atoms with van der Waals surface area (Å²) in [4.78, 5) is 0. The van der Waals surface area contributed by atoms with Gasteiger partial charge >= 0.3 is 0 Å². The molecule has 1 heterocycles. The van der Waals surface area contributed by atoms with Crippen molar-refractivity contribution < 1.29 is 4.42 Å². The molecule has 40 heavy (non-hydrogen) atoms. The van der Waals surface area contributed by atoms with E-state index in [1.54, 1.807) is 0 Å². The largest absolute Gasteiger partial charge is 0.456 e. The van der Waals surface area contributed by atoms with Gasteiger partial charge in [0.05, 0.1) is 11.6 Å². The Hall–Kier alpha value is -5.17. The molecule has 0 N–H and O–H groups in total. The lowest BCUT2D eigenvalue weighted by Gasteiger charge is -2.34. The van der Waals surface area contributed by atoms with Crippen LogP contribution in [0.2, 0.25) is 0 Å². The molecular weight excluding hydrogens is 502 g/mol. The molecule has 0 saturated carbocycles. The third-order valence-corrected chi connectivity index (χ3v) is 12.6. The number of nitriles is 1. The van der Waals surface area contributed by atoms with Gasteiger partial charge < -0.3 is 4.42 Å². The van der Waals surface area contributed by atoms with Crippen molar-refractivity contribution in [3.05, 3.63) is 157 Å². The molecule has 0 aliphatic rings. The molecule has 2 nitrogen and oxygen atoms in total. The summed E-state index contributed by atoms with van der Waals surface area (Å²) >= 11 is 0. The highest BCUT2D eigenvalue weighted by Gasteiger charge is 2.41. The maximum Gasteiger partial charge on any atom is 0.179 e. The highest BCUT2D eigenvalue weighted by atomic mass is 28.3. The zero-order valence-corrected chi connectivity index (χ0v) is 22.8. The molecule has 0 atom stereocenters. The first-order valence-electron chi connectivity index (χ1n) is 13.4. The van der Waals surface area contributed by atoms with Crippen LogP contribution in [0.25, 0.3) is 33.1 Å². The molecule has 0 bridgehead atoms. The van der Waals surface area contributed by atoms with Crippen molar-refractivity contribution in [3.8, 4) is 17.2 Å². The number of fused-ring (bicyclic) bond motifs is 3. The quantitative estimate of drug-likeness (QED) is 0.189. The Morgan fingerprint density at radius 1 is 0.450 bits per heavy atom. The molecule has 0 saturated heterocycles. The van der Waals surface area contributed by atoms with Gasteiger partial charge in [-0.3, -0.25) is 0 Å². The van der Waals surface area contributed by atoms with E-state index in [1.165, 1.54) is 20.7 Å². The highest BCUT2D eigenvalue weighted by molar-refractivity contribution is 7.20. The van der Waals surface area contributed by atoms with E-state index < -0.39 is 8.07 Å². The Kier molecular flexibility index (Phi) is 5.89. The van der Waals surface area contributed by atoms with E-state index in [2.05, 4.69) is 121 Å². The van der Waals surface area contributed by atoms with Crippen molar-refractivity contribution in [2.24, 2.45) is 0 Å². The molecule has 7 aromatic rings. The maximum absolute atomic E-state index is 9.30. The molecule has 188 valence electrons. The number of benzene rings is 6. The van der Waals surface area contributed by atoms with Crippen LogP contribution >= 0.6 is 0 Å². The van der Waals surface area contributed by atoms with E-state index in [4.69, 9.17) is 4.42 Å². The van der Waals surface area contributed by atoms with Crippen molar-refractivity contribution in [3.63, 3.8) is 0 Å². The molecule has 0 spiro atoms. The summed E-state index contributed by atoms with van der Waals surface area (Å²) in [5.74, 6) is 0. The first-order valence-corrected chi connectivity index (χ1v) is 15.4. The van der Waals surface area contributed by atoms with E-state index >= 15 is 0 Å². The Morgan fingerprint density at radius 3 is 1.75 bits per heavy atom. The van der Waals surface area contributed by atoms with E-state index in [-0.39, 0.29) is 0 Å². The summed E-state index contributed by atoms with van der Waals surface area (Å²) in [6.45, 7) is 0. The van der Waals surface area contributed by atoms with Gasteiger partial charge in [0.15, 0.2) is 8.07 Å². The second kappa shape index (κ2) is 9.85. The summed E-state index contributed by atoms with van der Waals surface area (Å²) in [5, 5.41) is 16.8. The smallest absolute Gasteiger partial charge is 0.179 e. The number of rotatable bonds is 5. The molecule has 0 aliphatic carbocycles. The van der Waals surface area contributed by atoms with Crippen LogP contribution in [0.4, 0.5) is 0 Å². The predicted octanol–water partition coefficient (Wildman–Crippen LogP) is 6.50. The van der Waals surface area contributed by atoms with Crippen LogP contribution < -0.4 is 20.7 Å². The molecule has 0 unspecified atom stereocenters. The zero-order valence-electron chi connectivity index (χ0n) is 21.8. The lowest BCUT2D eigenvalue weighted by molar-refractivity contribution is 0.669. The van der Waals surface area contributed by atoms with Gasteiger partial charge in [-0.2, -0.15) is 5.26 Å². The van der Waals surface area contributed by atoms with Gasteiger partial charge in [0.1, 0.15) is 11.2 Å². The Morgan fingerprint density at radius 2 is 1.05 bits per heavy atom. The standard InChI is InChI=1S/C37H25NOSi/c38-26-27-18-20-28(21-19-27)29-10-9-15-32(24-29)40(30-11-3-1-4-12-30,31-13-5-2-6-14-31)33-22-23-35-34-16-7-8-17-36(34)39-37(35)25-33/h1-25H. The molecule has 3 heteroatoms. The molecule has 0 fully saturated rings. The van der Waals surface area contributed by atoms with Crippen molar-refractivity contribution in [2.75, 3.05) is 0 Å². The minimum Gasteiger partial charge on any atom is -0.456 e. The normalized spacial score (nSPS) is 11.5. The van der Waals surface area contributed by atoms with Gasteiger partial charge in [0.25, 0.3) is 0 Å². The maximum atomic E-state index is 9.30. The minimum atomic E-state index is -2.76. The highest BCUT2D eigenvalue weighted by Crippen LogP contribution is 2.28. The molecule has 6 aromatic carbocycles. The first kappa shape index (κ1) is 23.9. The predicted molar refractivity (Wildman–Crippen MR) is 167 cm³/mol. The third kappa shape index (κ3) is 3.86. The second-order valence-electron chi connectivity index (χ2n) is 10.1. The SMILES string of the molecule is N#Cc1ccc(-c2cccc([Si](c3ccccc3)(c3ccccc3)c3ccc4c(c3)oc3ccccc34)c2)cc1. The average molecular weight is 528 g/mol. The molecule has 7 rings (SSSR count). The molecule has 0 amide bonds. The fourth-order valence-corrected chi connectivity index (χ4v) is 10.8. The van der Waals surface area contributed by atoms with Gasteiger partial charge in [-0.25, -0.2) is 0 Å². The van der Waals surface area contributed by atoms with Crippen LogP contribution in [0.5, 0.6) is 0 Å². The second-order valence-corrected chi connectivity index (χ2v) is 13.9. The first-order chi connectivity index (χ1) is 19.8. The number of nitrogens with zero attached hydrogens (tertiary/aromatic N) is 1. The fourth-order valence-electron chi connectivity index (χ4n) is 6.00. The molecule has 0 aliphatic heterocycles. The minimum absolute atomic E-state index is 0.663. The number of hydrogen-bond donors (Lipinski definition) is 0. The summed E-state index contributed by atoms with van der Waals surface area (Å²) in [6.07, 6.45) is 0. The van der Waals surface area contributed by atoms with E-state index in [1.807, 2.05) is 36.4 Å². The Bertz CT molecular complexity index is 1960. The van der Waals surface area contributed by atoms with Gasteiger partial charge in [-0.1, -0.05) is 127 Å². The van der Waals surface area contributed by atoms with Crippen molar-refractivity contribution >= 4 is 50.8 Å². The lowest BCUT2D eigenvalue weighted by Crippen LogP contribution is -2.74. The van der Waals surface area contributed by atoms with Crippen molar-refractivity contribution in [1.82, 2.24) is 0 Å². The molecule has 1 aromatic heterocycles. The van der Waals surface area contributed by atoms with Gasteiger partial charge in [-0.05, 0) is 56.1 Å². The summed E-state index contributed by atoms with van der Waals surface area (Å²) < 4.78 is 6.41. The fraction of sp³-hybridized carbons (Fsp3) is 0. The van der Waals surface area contributed by atoms with Crippen LogP contribution in [0.3, 0.4) is 0 Å². The van der Waals surface area contributed by atoms with Crippen LogP contribution in [-0.4, -0.2) is 8.07 Å². The van der Waals surface area contributed by atoms with Crippen molar-refractivity contribution in [2.45, 2.75) is 0 Å². The third-order valence-electron chi connectivity index (χ3n) is 7.87. The van der Waals surface area contributed by atoms with E-state index in [9.17, 15) is 5.26 Å². The number of furan rings is 1. The molecule has 0 radical (unpaired) electrons. The van der Waals surface area contributed by atoms with Crippen LogP contribution in [-0.2, 0) is 0 Å². The van der Waals surface area contributed by atoms with Crippen LogP contribution in [0, 0.1) is 11.3 Å². The lowest BCUT2D eigenvalue weighted by atomic mass is 10.0. The monoisotopic (exact) mass is 527 g/mol. The van der Waals surface area contributed by atoms with Gasteiger partial charge in [0, 0.05) is 10.8 Å². The van der Waals surface area contributed by atoms with Gasteiger partial charge in [0.2, 0.25) is 0 Å². The Balaban J connectivity index is 1.54. The summed E-state index contributed by atoms with van der Waals surface area (Å²) in [5.41, 5.74) is 4.71. The number of hydrogen-bond acceptors (Lipinski definition) is 2. The van der Waals surface area contributed by atoms with Crippen molar-refractivity contribution in [1.29, 1.82) is 5.26 Å². The summed E-state index contributed by atoms with van der Waals surface area (Å²) in [7, 11) is -2.76. The summed E-state index contributed by atoms with van der Waals surface area (Å²) in [6, 6.07) is 55.9. The topological polar surface area (TPSA) is 36.9 Å².